The Kier molecular flexibility index (Phi) is 6.52. The summed E-state index contributed by atoms with van der Waals surface area (Å²) >= 11 is 0. The van der Waals surface area contributed by atoms with Crippen molar-refractivity contribution in [3.63, 3.8) is 0 Å². The number of nitrogens with zero attached hydrogens (tertiary/aromatic N) is 2. The quantitative estimate of drug-likeness (QED) is 0.544. The highest BCUT2D eigenvalue weighted by atomic mass is 16.4. The van der Waals surface area contributed by atoms with Crippen molar-refractivity contribution < 1.29 is 14.7 Å². The predicted molar refractivity (Wildman–Crippen MR) is 86.4 cm³/mol. The number of carbonyl (C=O) groups is 2. The average Bonchev–Trinajstić information content (AvgIpc) is 2.46. The summed E-state index contributed by atoms with van der Waals surface area (Å²) < 4.78 is 0. The fourth-order valence-electron chi connectivity index (χ4n) is 1.57. The molecule has 1 amide bonds. The van der Waals surface area contributed by atoms with Crippen LogP contribution in [-0.2, 0) is 9.59 Å². The van der Waals surface area contributed by atoms with Crippen molar-refractivity contribution in [2.75, 3.05) is 19.4 Å². The molecule has 7 heteroatoms. The second kappa shape index (κ2) is 8.14. The van der Waals surface area contributed by atoms with Crippen molar-refractivity contribution in [2.45, 2.75) is 25.8 Å². The molecule has 0 saturated heterocycles. The van der Waals surface area contributed by atoms with Gasteiger partial charge in [0.25, 0.3) is 0 Å². The molecule has 0 aromatic heterocycles. The lowest BCUT2D eigenvalue weighted by molar-refractivity contribution is -0.138. The fraction of sp³-hybridized carbons (Fsp3) is 0.400. The molecule has 0 heterocycles. The molecule has 4 N–H and O–H groups in total. The number of aliphatic carboxylic acids is 1. The number of carboxylic acids is 1. The number of aliphatic imine (C=N–C) groups is 1. The van der Waals surface area contributed by atoms with Gasteiger partial charge >= 0.3 is 5.97 Å². The Hall–Kier alpha value is -2.41. The Balaban J connectivity index is 2.75. The molecule has 1 unspecified atom stereocenters. The fourth-order valence-corrected chi connectivity index (χ4v) is 1.57. The molecule has 0 aliphatic carbocycles. The van der Waals surface area contributed by atoms with Crippen LogP contribution in [0, 0.1) is 0 Å². The first-order valence-corrected chi connectivity index (χ1v) is 6.91. The second-order valence-electron chi connectivity index (χ2n) is 5.10. The highest BCUT2D eigenvalue weighted by Gasteiger charge is 2.14. The summed E-state index contributed by atoms with van der Waals surface area (Å²) in [5.41, 5.74) is 6.60. The molecule has 7 nitrogen and oxygen atoms in total. The standard InChI is InChI=1S/C15H22N4O3/c1-10(19(2)3)17-12-6-4-5-7-13(12)18-14(20)9-8-11(16)15(21)22/h4-7,11H,8-9,16H2,1-3H3,(H,18,20)(H,21,22). The third-order valence-corrected chi connectivity index (χ3v) is 3.11. The first kappa shape index (κ1) is 17.6. The van der Waals surface area contributed by atoms with Crippen LogP contribution in [0.1, 0.15) is 19.8 Å². The molecule has 0 radical (unpaired) electrons. The summed E-state index contributed by atoms with van der Waals surface area (Å²) in [6.07, 6.45) is 0.126. The number of nitrogens with one attached hydrogen (secondary N) is 1. The van der Waals surface area contributed by atoms with E-state index in [0.29, 0.717) is 11.4 Å². The Morgan fingerprint density at radius 3 is 2.59 bits per heavy atom. The summed E-state index contributed by atoms with van der Waals surface area (Å²) in [6.45, 7) is 1.87. The highest BCUT2D eigenvalue weighted by molar-refractivity contribution is 5.95. The number of rotatable bonds is 6. The molecule has 120 valence electrons. The average molecular weight is 306 g/mol. The number of anilines is 1. The monoisotopic (exact) mass is 306 g/mol. The molecule has 1 aromatic rings. The number of carboxylic acid groups (broad SMARTS) is 1. The highest BCUT2D eigenvalue weighted by Crippen LogP contribution is 2.25. The topological polar surface area (TPSA) is 108 Å². The number of hydrogen-bond donors (Lipinski definition) is 3. The summed E-state index contributed by atoms with van der Waals surface area (Å²) in [5, 5.41) is 11.4. The van der Waals surface area contributed by atoms with Crippen LogP contribution < -0.4 is 11.1 Å². The molecule has 1 rings (SSSR count). The minimum atomic E-state index is -1.11. The van der Waals surface area contributed by atoms with Crippen LogP contribution in [0.15, 0.2) is 29.3 Å². The normalized spacial score (nSPS) is 12.6. The summed E-state index contributed by atoms with van der Waals surface area (Å²) in [7, 11) is 3.76. The summed E-state index contributed by atoms with van der Waals surface area (Å²) in [6, 6.07) is 6.14. The van der Waals surface area contributed by atoms with E-state index in [1.54, 1.807) is 18.2 Å². The second-order valence-corrected chi connectivity index (χ2v) is 5.10. The lowest BCUT2D eigenvalue weighted by Gasteiger charge is -2.13. The number of nitrogens with two attached hydrogens (primary N) is 1. The van der Waals surface area contributed by atoms with E-state index in [4.69, 9.17) is 10.8 Å². The van der Waals surface area contributed by atoms with Crippen molar-refractivity contribution in [1.29, 1.82) is 0 Å². The Labute approximate surface area is 129 Å². The van der Waals surface area contributed by atoms with Crippen LogP contribution in [0.3, 0.4) is 0 Å². The van der Waals surface area contributed by atoms with Crippen LogP contribution in [-0.4, -0.2) is 47.9 Å². The van der Waals surface area contributed by atoms with Crippen molar-refractivity contribution in [3.05, 3.63) is 24.3 Å². The summed E-state index contributed by atoms with van der Waals surface area (Å²) in [4.78, 5) is 28.8. The van der Waals surface area contributed by atoms with Gasteiger partial charge in [-0.2, -0.15) is 0 Å². The Morgan fingerprint density at radius 2 is 2.00 bits per heavy atom. The Morgan fingerprint density at radius 1 is 1.36 bits per heavy atom. The largest absolute Gasteiger partial charge is 0.480 e. The van der Waals surface area contributed by atoms with Crippen molar-refractivity contribution in [2.24, 2.45) is 10.7 Å². The number of hydrogen-bond acceptors (Lipinski definition) is 4. The maximum absolute atomic E-state index is 11.9. The van der Waals surface area contributed by atoms with Gasteiger partial charge in [-0.1, -0.05) is 12.1 Å². The molecule has 0 aliphatic rings. The molecule has 0 aliphatic heterocycles. The van der Waals surface area contributed by atoms with Crippen molar-refractivity contribution >= 4 is 29.1 Å². The van der Waals surface area contributed by atoms with Gasteiger partial charge in [0.15, 0.2) is 0 Å². The minimum Gasteiger partial charge on any atom is -0.480 e. The number of para-hydroxylation sites is 2. The molecule has 22 heavy (non-hydrogen) atoms. The molecule has 0 saturated carbocycles. The van der Waals surface area contributed by atoms with E-state index >= 15 is 0 Å². The zero-order chi connectivity index (χ0) is 16.7. The smallest absolute Gasteiger partial charge is 0.320 e. The van der Waals surface area contributed by atoms with Crippen molar-refractivity contribution in [1.82, 2.24) is 4.90 Å². The molecular formula is C15H22N4O3. The molecule has 0 bridgehead atoms. The lowest BCUT2D eigenvalue weighted by Crippen LogP contribution is -2.31. The van der Waals surface area contributed by atoms with Gasteiger partial charge in [0.1, 0.15) is 11.9 Å². The van der Waals surface area contributed by atoms with Crippen LogP contribution in [0.5, 0.6) is 0 Å². The van der Waals surface area contributed by atoms with Crippen LogP contribution in [0.4, 0.5) is 11.4 Å². The van der Waals surface area contributed by atoms with Crippen molar-refractivity contribution in [3.8, 4) is 0 Å². The molecule has 0 spiro atoms. The zero-order valence-electron chi connectivity index (χ0n) is 13.0. The van der Waals surface area contributed by atoms with Gasteiger partial charge in [-0.3, -0.25) is 9.59 Å². The third kappa shape index (κ3) is 5.53. The molecular weight excluding hydrogens is 284 g/mol. The van der Waals surface area contributed by atoms with Gasteiger partial charge in [0.05, 0.1) is 11.4 Å². The van der Waals surface area contributed by atoms with E-state index in [2.05, 4.69) is 10.3 Å². The number of amides is 1. The maximum atomic E-state index is 11.9. The zero-order valence-corrected chi connectivity index (χ0v) is 13.0. The van der Waals surface area contributed by atoms with Crippen LogP contribution in [0.25, 0.3) is 0 Å². The van der Waals surface area contributed by atoms with E-state index in [1.165, 1.54) is 0 Å². The number of amidine groups is 1. The van der Waals surface area contributed by atoms with Gasteiger partial charge < -0.3 is 21.1 Å². The van der Waals surface area contributed by atoms with Gasteiger partial charge in [-0.25, -0.2) is 4.99 Å². The van der Waals surface area contributed by atoms with Crippen LogP contribution in [0.2, 0.25) is 0 Å². The SMILES string of the molecule is CC(=Nc1ccccc1NC(=O)CCC(N)C(=O)O)N(C)C. The van der Waals surface area contributed by atoms with E-state index in [0.717, 1.165) is 5.84 Å². The van der Waals surface area contributed by atoms with Crippen LogP contribution >= 0.6 is 0 Å². The van der Waals surface area contributed by atoms with E-state index in [-0.39, 0.29) is 18.7 Å². The Bertz CT molecular complexity index is 570. The first-order chi connectivity index (χ1) is 10.3. The minimum absolute atomic E-state index is 0.0399. The third-order valence-electron chi connectivity index (χ3n) is 3.11. The van der Waals surface area contributed by atoms with Gasteiger partial charge in [0, 0.05) is 20.5 Å². The van der Waals surface area contributed by atoms with Gasteiger partial charge in [-0.05, 0) is 25.5 Å². The first-order valence-electron chi connectivity index (χ1n) is 6.91. The number of carbonyl (C=O) groups excluding carboxylic acids is 1. The molecule has 1 aromatic carbocycles. The van der Waals surface area contributed by atoms with E-state index in [9.17, 15) is 9.59 Å². The van der Waals surface area contributed by atoms with E-state index in [1.807, 2.05) is 32.0 Å². The van der Waals surface area contributed by atoms with Gasteiger partial charge in [0.2, 0.25) is 5.91 Å². The number of benzene rings is 1. The lowest BCUT2D eigenvalue weighted by atomic mass is 10.1. The summed E-state index contributed by atoms with van der Waals surface area (Å²) in [5.74, 6) is -0.601. The van der Waals surface area contributed by atoms with E-state index < -0.39 is 12.0 Å². The maximum Gasteiger partial charge on any atom is 0.320 e. The molecule has 0 fully saturated rings. The van der Waals surface area contributed by atoms with Gasteiger partial charge in [-0.15, -0.1) is 0 Å². The molecule has 1 atom stereocenters. The predicted octanol–water partition coefficient (Wildman–Crippen LogP) is 1.43.